The molecule has 1 rings (SSSR count). The molecule has 0 aromatic rings. The van der Waals surface area contributed by atoms with Crippen LogP contribution in [0.25, 0.3) is 0 Å². The summed E-state index contributed by atoms with van der Waals surface area (Å²) in [6.45, 7) is 6.39. The Morgan fingerprint density at radius 1 is 1.44 bits per heavy atom. The number of hydrogen-bond donors (Lipinski definition) is 3. The second kappa shape index (κ2) is 8.01. The zero-order valence-corrected chi connectivity index (χ0v) is 10.7. The number of likely N-dealkylation sites (tertiary alicyclic amines) is 1. The summed E-state index contributed by atoms with van der Waals surface area (Å²) < 4.78 is 0. The van der Waals surface area contributed by atoms with Crippen molar-refractivity contribution in [1.82, 2.24) is 15.5 Å². The van der Waals surface area contributed by atoms with Crippen LogP contribution in [0.2, 0.25) is 0 Å². The third-order valence-corrected chi connectivity index (χ3v) is 3.38. The monoisotopic (exact) mass is 229 g/mol. The highest BCUT2D eigenvalue weighted by molar-refractivity contribution is 4.77. The van der Waals surface area contributed by atoms with Crippen molar-refractivity contribution in [2.24, 2.45) is 0 Å². The lowest BCUT2D eigenvalue weighted by molar-refractivity contribution is 0.281. The molecule has 0 aromatic carbocycles. The molecule has 0 saturated carbocycles. The lowest BCUT2D eigenvalue weighted by Gasteiger charge is -2.20. The molecule has 0 bridgehead atoms. The van der Waals surface area contributed by atoms with E-state index in [4.69, 9.17) is 5.11 Å². The number of hydrogen-bond acceptors (Lipinski definition) is 4. The first-order valence-electron chi connectivity index (χ1n) is 6.49. The molecular formula is C12H27N3O. The van der Waals surface area contributed by atoms with Crippen LogP contribution in [0.5, 0.6) is 0 Å². The molecule has 4 heteroatoms. The summed E-state index contributed by atoms with van der Waals surface area (Å²) in [5.41, 5.74) is 0. The highest BCUT2D eigenvalue weighted by Crippen LogP contribution is 2.16. The van der Waals surface area contributed by atoms with Crippen molar-refractivity contribution in [3.05, 3.63) is 0 Å². The molecule has 2 unspecified atom stereocenters. The Bertz CT molecular complexity index is 178. The average Bonchev–Trinajstić information content (AvgIpc) is 2.67. The van der Waals surface area contributed by atoms with E-state index in [-0.39, 0.29) is 6.61 Å². The van der Waals surface area contributed by atoms with Crippen LogP contribution in [-0.2, 0) is 0 Å². The molecule has 1 aliphatic rings. The lowest BCUT2D eigenvalue weighted by Crippen LogP contribution is -2.39. The molecular weight excluding hydrogens is 202 g/mol. The second-order valence-corrected chi connectivity index (χ2v) is 4.85. The van der Waals surface area contributed by atoms with Gasteiger partial charge in [0.1, 0.15) is 0 Å². The summed E-state index contributed by atoms with van der Waals surface area (Å²) in [7, 11) is 2.23. The van der Waals surface area contributed by atoms with Gasteiger partial charge in [0.05, 0.1) is 6.61 Å². The predicted octanol–water partition coefficient (Wildman–Crippen LogP) is 0.0307. The predicted molar refractivity (Wildman–Crippen MR) is 67.7 cm³/mol. The van der Waals surface area contributed by atoms with E-state index in [2.05, 4.69) is 29.5 Å². The molecule has 4 nitrogen and oxygen atoms in total. The normalized spacial score (nSPS) is 23.8. The Balaban J connectivity index is 1.94. The maximum atomic E-state index is 8.67. The summed E-state index contributed by atoms with van der Waals surface area (Å²) >= 11 is 0. The van der Waals surface area contributed by atoms with Crippen molar-refractivity contribution in [3.63, 3.8) is 0 Å². The molecule has 0 amide bonds. The summed E-state index contributed by atoms with van der Waals surface area (Å²) in [6, 6.07) is 1.22. The molecule has 0 spiro atoms. The fourth-order valence-electron chi connectivity index (χ4n) is 2.31. The molecule has 1 saturated heterocycles. The van der Waals surface area contributed by atoms with E-state index in [1.165, 1.54) is 25.8 Å². The highest BCUT2D eigenvalue weighted by Gasteiger charge is 2.19. The third kappa shape index (κ3) is 5.25. The van der Waals surface area contributed by atoms with E-state index in [1.54, 1.807) is 0 Å². The average molecular weight is 229 g/mol. The number of aliphatic hydroxyl groups is 1. The van der Waals surface area contributed by atoms with Crippen LogP contribution in [0.4, 0.5) is 0 Å². The van der Waals surface area contributed by atoms with E-state index >= 15 is 0 Å². The minimum Gasteiger partial charge on any atom is -0.395 e. The van der Waals surface area contributed by atoms with Gasteiger partial charge in [0.25, 0.3) is 0 Å². The van der Waals surface area contributed by atoms with Gasteiger partial charge in [-0.2, -0.15) is 0 Å². The van der Waals surface area contributed by atoms with Crippen molar-refractivity contribution in [1.29, 1.82) is 0 Å². The molecule has 0 radical (unpaired) electrons. The summed E-state index contributed by atoms with van der Waals surface area (Å²) in [6.07, 6.45) is 3.97. The lowest BCUT2D eigenvalue weighted by atomic mass is 10.1. The van der Waals surface area contributed by atoms with Crippen molar-refractivity contribution in [2.75, 3.05) is 39.8 Å². The fraction of sp³-hybridized carbons (Fsp3) is 1.00. The van der Waals surface area contributed by atoms with E-state index in [9.17, 15) is 0 Å². The number of nitrogens with zero attached hydrogens (tertiary/aromatic N) is 1. The van der Waals surface area contributed by atoms with Gasteiger partial charge in [-0.3, -0.25) is 0 Å². The van der Waals surface area contributed by atoms with Gasteiger partial charge in [0.2, 0.25) is 0 Å². The number of aliphatic hydroxyl groups excluding tert-OH is 1. The maximum absolute atomic E-state index is 8.67. The Morgan fingerprint density at radius 2 is 2.25 bits per heavy atom. The van der Waals surface area contributed by atoms with Gasteiger partial charge >= 0.3 is 0 Å². The van der Waals surface area contributed by atoms with Gasteiger partial charge in [-0.1, -0.05) is 0 Å². The van der Waals surface area contributed by atoms with E-state index in [0.717, 1.165) is 19.1 Å². The van der Waals surface area contributed by atoms with Crippen LogP contribution in [-0.4, -0.2) is 61.9 Å². The maximum Gasteiger partial charge on any atom is 0.0556 e. The van der Waals surface area contributed by atoms with Crippen molar-refractivity contribution in [3.8, 4) is 0 Å². The first-order chi connectivity index (χ1) is 7.74. The van der Waals surface area contributed by atoms with Crippen molar-refractivity contribution >= 4 is 0 Å². The van der Waals surface area contributed by atoms with E-state index in [1.807, 2.05) is 0 Å². The highest BCUT2D eigenvalue weighted by atomic mass is 16.3. The minimum atomic E-state index is 0.219. The molecule has 2 atom stereocenters. The Morgan fingerprint density at radius 3 is 2.88 bits per heavy atom. The topological polar surface area (TPSA) is 47.5 Å². The molecule has 3 N–H and O–H groups in total. The van der Waals surface area contributed by atoms with Gasteiger partial charge in [-0.25, -0.2) is 0 Å². The second-order valence-electron chi connectivity index (χ2n) is 4.85. The fourth-order valence-corrected chi connectivity index (χ4v) is 2.31. The molecule has 0 aromatic heterocycles. The first kappa shape index (κ1) is 13.9. The molecule has 16 heavy (non-hydrogen) atoms. The molecule has 0 aliphatic carbocycles. The zero-order chi connectivity index (χ0) is 11.8. The quantitative estimate of drug-likeness (QED) is 0.514. The molecule has 96 valence electrons. The summed E-state index contributed by atoms with van der Waals surface area (Å²) in [5.74, 6) is 0. The Labute approximate surface area is 99.4 Å². The zero-order valence-electron chi connectivity index (χ0n) is 10.7. The van der Waals surface area contributed by atoms with Gasteiger partial charge in [0.15, 0.2) is 0 Å². The van der Waals surface area contributed by atoms with Crippen LogP contribution in [0.1, 0.15) is 26.2 Å². The SMILES string of the molecule is CC(CNCCC1CCCN1C)NCCO. The Kier molecular flexibility index (Phi) is 6.96. The molecule has 1 fully saturated rings. The van der Waals surface area contributed by atoms with Crippen LogP contribution in [0.3, 0.4) is 0 Å². The molecule has 1 heterocycles. The third-order valence-electron chi connectivity index (χ3n) is 3.38. The van der Waals surface area contributed by atoms with Gasteiger partial charge in [-0.05, 0) is 46.3 Å². The van der Waals surface area contributed by atoms with Gasteiger partial charge in [0, 0.05) is 25.2 Å². The van der Waals surface area contributed by atoms with E-state index in [0.29, 0.717) is 12.6 Å². The Hall–Kier alpha value is -0.160. The first-order valence-corrected chi connectivity index (χ1v) is 6.49. The van der Waals surface area contributed by atoms with Gasteiger partial charge in [-0.15, -0.1) is 0 Å². The van der Waals surface area contributed by atoms with Crippen LogP contribution >= 0.6 is 0 Å². The van der Waals surface area contributed by atoms with E-state index < -0.39 is 0 Å². The molecule has 1 aliphatic heterocycles. The summed E-state index contributed by atoms with van der Waals surface area (Å²) in [5, 5.41) is 15.4. The number of rotatable bonds is 8. The minimum absolute atomic E-state index is 0.219. The van der Waals surface area contributed by atoms with Crippen LogP contribution in [0.15, 0.2) is 0 Å². The van der Waals surface area contributed by atoms with Gasteiger partial charge < -0.3 is 20.6 Å². The largest absolute Gasteiger partial charge is 0.395 e. The standard InChI is InChI=1S/C12H27N3O/c1-11(14-7-9-16)10-13-6-5-12-4-3-8-15(12)2/h11-14,16H,3-10H2,1-2H3. The van der Waals surface area contributed by atoms with Crippen molar-refractivity contribution < 1.29 is 5.11 Å². The smallest absolute Gasteiger partial charge is 0.0556 e. The van der Waals surface area contributed by atoms with Crippen LogP contribution in [0, 0.1) is 0 Å². The van der Waals surface area contributed by atoms with Crippen LogP contribution < -0.4 is 10.6 Å². The number of nitrogens with one attached hydrogen (secondary N) is 2. The summed E-state index contributed by atoms with van der Waals surface area (Å²) in [4.78, 5) is 2.47. The van der Waals surface area contributed by atoms with Crippen molar-refractivity contribution in [2.45, 2.75) is 38.3 Å².